The number of ether oxygens (including phenoxy) is 1. The first-order chi connectivity index (χ1) is 19.1. The number of nitrogens with zero attached hydrogens (tertiary/aromatic N) is 2. The van der Waals surface area contributed by atoms with Crippen LogP contribution < -0.4 is 14.4 Å². The van der Waals surface area contributed by atoms with Gasteiger partial charge in [-0.1, -0.05) is 17.7 Å². The fraction of sp³-hybridized carbons (Fsp3) is 0.533. The van der Waals surface area contributed by atoms with Crippen molar-refractivity contribution in [2.75, 3.05) is 43.9 Å². The molecule has 4 aliphatic rings. The number of anilines is 1. The zero-order valence-electron chi connectivity index (χ0n) is 22.8. The monoisotopic (exact) mass is 585 g/mol. The van der Waals surface area contributed by atoms with Crippen LogP contribution in [0.4, 0.5) is 5.69 Å². The maximum absolute atomic E-state index is 13.1. The number of halogens is 1. The number of carbonyl (C=O) groups is 2. The Balaban J connectivity index is 1.40. The van der Waals surface area contributed by atoms with E-state index >= 15 is 0 Å². The minimum Gasteiger partial charge on any atom is -0.490 e. The van der Waals surface area contributed by atoms with E-state index in [4.69, 9.17) is 16.3 Å². The third-order valence-corrected chi connectivity index (χ3v) is 10.9. The second-order valence-corrected chi connectivity index (χ2v) is 14.3. The second-order valence-electron chi connectivity index (χ2n) is 12.0. The topological polar surface area (TPSA) is 96.0 Å². The van der Waals surface area contributed by atoms with Crippen molar-refractivity contribution in [3.8, 4) is 5.75 Å². The normalized spacial score (nSPS) is 28.4. The van der Waals surface area contributed by atoms with Crippen LogP contribution >= 0.6 is 11.6 Å². The lowest BCUT2D eigenvalue weighted by molar-refractivity contribution is -0.131. The van der Waals surface area contributed by atoms with Crippen molar-refractivity contribution in [3.63, 3.8) is 0 Å². The molecule has 1 N–H and O–H groups in total. The summed E-state index contributed by atoms with van der Waals surface area (Å²) >= 11 is 6.37. The fourth-order valence-corrected chi connectivity index (χ4v) is 8.19. The third-order valence-electron chi connectivity index (χ3n) is 9.32. The number of nitrogens with one attached hydrogen (secondary N) is 1. The molecule has 8 nitrogen and oxygen atoms in total. The lowest BCUT2D eigenvalue weighted by Gasteiger charge is -2.45. The quantitative estimate of drug-likeness (QED) is 0.499. The molecule has 0 unspecified atom stereocenters. The van der Waals surface area contributed by atoms with E-state index in [0.717, 1.165) is 55.9 Å². The molecular formula is C30H36ClN3O5S. The predicted octanol–water partition coefficient (Wildman–Crippen LogP) is 4.15. The van der Waals surface area contributed by atoms with Gasteiger partial charge in [0.2, 0.25) is 15.9 Å². The van der Waals surface area contributed by atoms with Gasteiger partial charge in [0.05, 0.1) is 18.0 Å². The highest BCUT2D eigenvalue weighted by molar-refractivity contribution is 7.90. The summed E-state index contributed by atoms with van der Waals surface area (Å²) < 4.78 is 34.0. The minimum absolute atomic E-state index is 0.0635. The van der Waals surface area contributed by atoms with Crippen LogP contribution in [0.2, 0.25) is 5.02 Å². The standard InChI is InChI=1S/C30H36ClN3O5S/c1-33-16-22-6-7-23(22)17-34-18-30(12-2-4-20-14-24(31)9-10-25(20)30)19-39-27-11-8-21(15-26(27)34)29(36)32-40(37,38)13-3-5-28(33)35/h8-11,14-15,22-23H,2-7,12-13,16-19H2,1H3,(H,32,36)/t22-,23-,30-/m0/s1. The van der Waals surface area contributed by atoms with Crippen LogP contribution in [0.1, 0.15) is 60.0 Å². The minimum atomic E-state index is -3.88. The highest BCUT2D eigenvalue weighted by atomic mass is 35.5. The molecule has 6 rings (SSSR count). The van der Waals surface area contributed by atoms with Crippen LogP contribution in [0.3, 0.4) is 0 Å². The molecule has 3 atom stereocenters. The summed E-state index contributed by atoms with van der Waals surface area (Å²) in [4.78, 5) is 29.9. The number of hydrogen-bond donors (Lipinski definition) is 1. The van der Waals surface area contributed by atoms with Gasteiger partial charge in [0.25, 0.3) is 5.91 Å². The molecule has 214 valence electrons. The van der Waals surface area contributed by atoms with Crippen molar-refractivity contribution in [1.29, 1.82) is 0 Å². The van der Waals surface area contributed by atoms with E-state index in [9.17, 15) is 18.0 Å². The Morgan fingerprint density at radius 2 is 1.82 bits per heavy atom. The summed E-state index contributed by atoms with van der Waals surface area (Å²) in [5.74, 6) is 0.455. The number of aryl methyl sites for hydroxylation is 1. The zero-order valence-corrected chi connectivity index (χ0v) is 24.4. The SMILES string of the molecule is CN1C[C@@H]2CC[C@H]2CN2C[C@@]3(CCCc4cc(Cl)ccc43)COc3ccc(cc32)C(=O)NS(=O)(=O)CCCC1=O. The third kappa shape index (κ3) is 5.30. The summed E-state index contributed by atoms with van der Waals surface area (Å²) in [5.41, 5.74) is 3.37. The Kier molecular flexibility index (Phi) is 7.23. The zero-order chi connectivity index (χ0) is 28.1. The lowest BCUT2D eigenvalue weighted by atomic mass is 9.69. The van der Waals surface area contributed by atoms with E-state index in [0.29, 0.717) is 30.7 Å². The van der Waals surface area contributed by atoms with Crippen LogP contribution in [-0.4, -0.2) is 64.2 Å². The molecule has 10 heteroatoms. The van der Waals surface area contributed by atoms with Crippen LogP contribution in [0.25, 0.3) is 0 Å². The van der Waals surface area contributed by atoms with Gasteiger partial charge < -0.3 is 14.5 Å². The average Bonchev–Trinajstić information content (AvgIpc) is 3.05. The number of hydrogen-bond acceptors (Lipinski definition) is 6. The first-order valence-corrected chi connectivity index (χ1v) is 16.2. The molecule has 0 radical (unpaired) electrons. The summed E-state index contributed by atoms with van der Waals surface area (Å²) in [6, 6.07) is 11.4. The summed E-state index contributed by atoms with van der Waals surface area (Å²) in [6.07, 6.45) is 5.43. The molecular weight excluding hydrogens is 550 g/mol. The Labute approximate surface area is 241 Å². The molecule has 2 amide bonds. The molecule has 1 saturated carbocycles. The second kappa shape index (κ2) is 10.6. The van der Waals surface area contributed by atoms with Crippen LogP contribution in [0.5, 0.6) is 5.75 Å². The van der Waals surface area contributed by atoms with Gasteiger partial charge in [-0.3, -0.25) is 9.59 Å². The molecule has 2 aliphatic carbocycles. The number of carbonyl (C=O) groups excluding carboxylic acids is 2. The lowest BCUT2D eigenvalue weighted by Crippen LogP contribution is -2.49. The number of benzene rings is 2. The molecule has 2 heterocycles. The number of amides is 2. The van der Waals surface area contributed by atoms with E-state index in [1.54, 1.807) is 30.1 Å². The molecule has 40 heavy (non-hydrogen) atoms. The van der Waals surface area contributed by atoms with Gasteiger partial charge in [0.1, 0.15) is 5.75 Å². The Morgan fingerprint density at radius 1 is 1.02 bits per heavy atom. The maximum Gasteiger partial charge on any atom is 0.264 e. The van der Waals surface area contributed by atoms with Gasteiger partial charge in [-0.25, -0.2) is 13.1 Å². The predicted molar refractivity (Wildman–Crippen MR) is 155 cm³/mol. The largest absolute Gasteiger partial charge is 0.490 e. The van der Waals surface area contributed by atoms with Crippen LogP contribution in [0.15, 0.2) is 36.4 Å². The van der Waals surface area contributed by atoms with E-state index in [-0.39, 0.29) is 35.5 Å². The molecule has 2 aromatic rings. The van der Waals surface area contributed by atoms with E-state index < -0.39 is 15.9 Å². The smallest absolute Gasteiger partial charge is 0.264 e. The highest BCUT2D eigenvalue weighted by Crippen LogP contribution is 2.46. The van der Waals surface area contributed by atoms with Crippen LogP contribution in [-0.2, 0) is 26.7 Å². The molecule has 2 aliphatic heterocycles. The molecule has 2 aromatic carbocycles. The van der Waals surface area contributed by atoms with Crippen LogP contribution in [0, 0.1) is 11.8 Å². The van der Waals surface area contributed by atoms with Crippen molar-refractivity contribution in [2.24, 2.45) is 11.8 Å². The first-order valence-electron chi connectivity index (χ1n) is 14.2. The molecule has 0 saturated heterocycles. The van der Waals surface area contributed by atoms with Crippen molar-refractivity contribution in [1.82, 2.24) is 9.62 Å². The molecule has 0 aromatic heterocycles. The average molecular weight is 586 g/mol. The number of fused-ring (bicyclic) bond motifs is 4. The van der Waals surface area contributed by atoms with Crippen molar-refractivity contribution < 1.29 is 22.7 Å². The maximum atomic E-state index is 13.1. The van der Waals surface area contributed by atoms with Gasteiger partial charge in [-0.15, -0.1) is 0 Å². The summed E-state index contributed by atoms with van der Waals surface area (Å²) in [6.45, 7) is 2.67. The van der Waals surface area contributed by atoms with Crippen molar-refractivity contribution >= 4 is 39.1 Å². The first kappa shape index (κ1) is 27.4. The fourth-order valence-electron chi connectivity index (χ4n) is 6.97. The van der Waals surface area contributed by atoms with Gasteiger partial charge in [-0.2, -0.15) is 0 Å². The number of sulfonamides is 1. The van der Waals surface area contributed by atoms with Gasteiger partial charge in [0.15, 0.2) is 0 Å². The van der Waals surface area contributed by atoms with Gasteiger partial charge >= 0.3 is 0 Å². The van der Waals surface area contributed by atoms with Gasteiger partial charge in [-0.05, 0) is 91.8 Å². The molecule has 2 bridgehead atoms. The van der Waals surface area contributed by atoms with Gasteiger partial charge in [0, 0.05) is 49.1 Å². The van der Waals surface area contributed by atoms with Crippen molar-refractivity contribution in [3.05, 3.63) is 58.1 Å². The summed E-state index contributed by atoms with van der Waals surface area (Å²) in [5, 5.41) is 0.736. The Hall–Kier alpha value is -2.78. The summed E-state index contributed by atoms with van der Waals surface area (Å²) in [7, 11) is -2.08. The molecule has 1 spiro atoms. The van der Waals surface area contributed by atoms with E-state index in [1.165, 1.54) is 11.1 Å². The van der Waals surface area contributed by atoms with Crippen molar-refractivity contribution in [2.45, 2.75) is 50.4 Å². The van der Waals surface area contributed by atoms with E-state index in [1.807, 2.05) is 6.07 Å². The number of rotatable bonds is 0. The molecule has 1 fully saturated rings. The Bertz CT molecular complexity index is 1450. The highest BCUT2D eigenvalue weighted by Gasteiger charge is 2.43. The van der Waals surface area contributed by atoms with E-state index in [2.05, 4.69) is 21.8 Å². The Morgan fingerprint density at radius 3 is 2.62 bits per heavy atom.